The van der Waals surface area contributed by atoms with Crippen molar-refractivity contribution in [2.45, 2.75) is 38.9 Å². The molecule has 0 spiro atoms. The summed E-state index contributed by atoms with van der Waals surface area (Å²) >= 11 is 12.1. The van der Waals surface area contributed by atoms with E-state index in [-0.39, 0.29) is 0 Å². The minimum absolute atomic E-state index is 0.436. The van der Waals surface area contributed by atoms with Gasteiger partial charge >= 0.3 is 6.18 Å². The van der Waals surface area contributed by atoms with Crippen molar-refractivity contribution in [2.75, 3.05) is 32.7 Å². The maximum absolute atomic E-state index is 12.5. The molecule has 10 heteroatoms. The number of halogens is 5. The third-order valence-electron chi connectivity index (χ3n) is 4.91. The predicted octanol–water partition coefficient (Wildman–Crippen LogP) is 4.05. The van der Waals surface area contributed by atoms with Gasteiger partial charge in [0, 0.05) is 25.8 Å². The highest BCUT2D eigenvalue weighted by Gasteiger charge is 2.32. The average Bonchev–Trinajstić information content (AvgIpc) is 2.87. The molecule has 160 valence electrons. The molecule has 2 rings (SSSR count). The fourth-order valence-corrected chi connectivity index (χ4v) is 3.74. The summed E-state index contributed by atoms with van der Waals surface area (Å²) in [6.07, 6.45) is -1.61. The molecule has 0 aliphatic carbocycles. The lowest BCUT2D eigenvalue weighted by molar-refractivity contribution is -0.148. The SMILES string of the molecule is CCNC(=NCc1cc(Cl)c(Cl)n1C)NCCC1CCN(CC(F)(F)F)CC1. The second-order valence-electron chi connectivity index (χ2n) is 7.08. The molecule has 2 heterocycles. The van der Waals surface area contributed by atoms with Gasteiger partial charge in [0.2, 0.25) is 0 Å². The van der Waals surface area contributed by atoms with Gasteiger partial charge in [-0.15, -0.1) is 0 Å². The molecule has 1 aliphatic rings. The highest BCUT2D eigenvalue weighted by atomic mass is 35.5. The number of nitrogens with zero attached hydrogens (tertiary/aromatic N) is 3. The van der Waals surface area contributed by atoms with Crippen molar-refractivity contribution >= 4 is 29.2 Å². The Morgan fingerprint density at radius 1 is 1.25 bits per heavy atom. The molecule has 1 aromatic rings. The molecule has 0 bridgehead atoms. The zero-order valence-corrected chi connectivity index (χ0v) is 17.8. The van der Waals surface area contributed by atoms with Crippen LogP contribution in [0.1, 0.15) is 31.9 Å². The first kappa shape index (κ1) is 23.2. The van der Waals surface area contributed by atoms with E-state index in [1.54, 1.807) is 10.6 Å². The van der Waals surface area contributed by atoms with E-state index in [0.717, 1.165) is 38.0 Å². The molecule has 0 saturated carbocycles. The van der Waals surface area contributed by atoms with Crippen LogP contribution in [-0.4, -0.2) is 54.3 Å². The van der Waals surface area contributed by atoms with E-state index < -0.39 is 12.7 Å². The highest BCUT2D eigenvalue weighted by molar-refractivity contribution is 6.41. The molecule has 1 fully saturated rings. The molecule has 1 saturated heterocycles. The van der Waals surface area contributed by atoms with Gasteiger partial charge in [-0.05, 0) is 51.3 Å². The number of likely N-dealkylation sites (tertiary alicyclic amines) is 1. The van der Waals surface area contributed by atoms with Crippen LogP contribution in [0, 0.1) is 5.92 Å². The summed E-state index contributed by atoms with van der Waals surface area (Å²) in [6, 6.07) is 1.80. The van der Waals surface area contributed by atoms with E-state index in [2.05, 4.69) is 15.6 Å². The van der Waals surface area contributed by atoms with Crippen LogP contribution < -0.4 is 10.6 Å². The molecule has 0 aromatic carbocycles. The lowest BCUT2D eigenvalue weighted by Gasteiger charge is -2.32. The zero-order chi connectivity index (χ0) is 20.7. The normalized spacial score (nSPS) is 17.2. The molecule has 2 N–H and O–H groups in total. The Kier molecular flexibility index (Phi) is 8.77. The number of aromatic nitrogens is 1. The molecule has 1 aromatic heterocycles. The first-order chi connectivity index (χ1) is 13.2. The molecule has 5 nitrogen and oxygen atoms in total. The van der Waals surface area contributed by atoms with Crippen molar-refractivity contribution in [3.8, 4) is 0 Å². The van der Waals surface area contributed by atoms with Gasteiger partial charge in [-0.2, -0.15) is 13.2 Å². The van der Waals surface area contributed by atoms with Gasteiger partial charge in [0.25, 0.3) is 0 Å². The maximum atomic E-state index is 12.5. The summed E-state index contributed by atoms with van der Waals surface area (Å²) in [7, 11) is 1.84. The van der Waals surface area contributed by atoms with Crippen molar-refractivity contribution < 1.29 is 13.2 Å². The lowest BCUT2D eigenvalue weighted by Crippen LogP contribution is -2.41. The van der Waals surface area contributed by atoms with Crippen molar-refractivity contribution in [1.29, 1.82) is 0 Å². The minimum atomic E-state index is -4.11. The number of hydrogen-bond acceptors (Lipinski definition) is 2. The standard InChI is InChI=1S/C18H28Cl2F3N5/c1-3-24-17(26-11-14-10-15(19)16(20)27(14)2)25-7-4-13-5-8-28(9-6-13)12-18(21,22)23/h10,13H,3-9,11-12H2,1-2H3,(H2,24,25,26). The van der Waals surface area contributed by atoms with Crippen LogP contribution in [0.15, 0.2) is 11.1 Å². The maximum Gasteiger partial charge on any atom is 0.401 e. The van der Waals surface area contributed by atoms with Gasteiger partial charge in [-0.1, -0.05) is 23.2 Å². The Morgan fingerprint density at radius 3 is 2.46 bits per heavy atom. The molecule has 0 amide bonds. The van der Waals surface area contributed by atoms with Gasteiger partial charge in [-0.3, -0.25) is 4.90 Å². The summed E-state index contributed by atoms with van der Waals surface area (Å²) in [4.78, 5) is 6.05. The first-order valence-corrected chi connectivity index (χ1v) is 10.3. The molecular weight excluding hydrogens is 414 g/mol. The largest absolute Gasteiger partial charge is 0.401 e. The van der Waals surface area contributed by atoms with Crippen molar-refractivity contribution in [3.63, 3.8) is 0 Å². The number of alkyl halides is 3. The van der Waals surface area contributed by atoms with E-state index in [0.29, 0.717) is 41.7 Å². The van der Waals surface area contributed by atoms with Crippen LogP contribution in [0.5, 0.6) is 0 Å². The Hall–Kier alpha value is -1.12. The summed E-state index contributed by atoms with van der Waals surface area (Å²) < 4.78 is 39.2. The fourth-order valence-electron chi connectivity index (χ4n) is 3.32. The highest BCUT2D eigenvalue weighted by Crippen LogP contribution is 2.26. The number of aliphatic imine (C=N–C) groups is 1. The fraction of sp³-hybridized carbons (Fsp3) is 0.722. The number of piperidine rings is 1. The summed E-state index contributed by atoms with van der Waals surface area (Å²) in [6.45, 7) is 4.10. The van der Waals surface area contributed by atoms with E-state index in [1.807, 2.05) is 14.0 Å². The van der Waals surface area contributed by atoms with Crippen LogP contribution in [0.2, 0.25) is 10.2 Å². The second-order valence-corrected chi connectivity index (χ2v) is 7.84. The monoisotopic (exact) mass is 441 g/mol. The predicted molar refractivity (Wildman–Crippen MR) is 108 cm³/mol. The number of hydrogen-bond donors (Lipinski definition) is 2. The zero-order valence-electron chi connectivity index (χ0n) is 16.3. The van der Waals surface area contributed by atoms with Crippen molar-refractivity contribution in [2.24, 2.45) is 18.0 Å². The van der Waals surface area contributed by atoms with Gasteiger partial charge in [0.05, 0.1) is 18.1 Å². The number of nitrogens with one attached hydrogen (secondary N) is 2. The Balaban J connectivity index is 1.77. The first-order valence-electron chi connectivity index (χ1n) is 9.50. The lowest BCUT2D eigenvalue weighted by atomic mass is 9.93. The third kappa shape index (κ3) is 7.37. The van der Waals surface area contributed by atoms with Crippen LogP contribution in [-0.2, 0) is 13.6 Å². The minimum Gasteiger partial charge on any atom is -0.357 e. The van der Waals surface area contributed by atoms with E-state index in [4.69, 9.17) is 23.2 Å². The topological polar surface area (TPSA) is 44.6 Å². The number of guanidine groups is 1. The van der Waals surface area contributed by atoms with Gasteiger partial charge in [-0.25, -0.2) is 4.99 Å². The van der Waals surface area contributed by atoms with Gasteiger partial charge in [0.1, 0.15) is 5.15 Å². The Bertz CT molecular complexity index is 652. The average molecular weight is 442 g/mol. The molecule has 0 unspecified atom stereocenters. The van der Waals surface area contributed by atoms with Crippen molar-refractivity contribution in [3.05, 3.63) is 21.9 Å². The Labute approximate surface area is 174 Å². The van der Waals surface area contributed by atoms with Crippen molar-refractivity contribution in [1.82, 2.24) is 20.1 Å². The second kappa shape index (κ2) is 10.6. The molecule has 1 aliphatic heterocycles. The van der Waals surface area contributed by atoms with Crippen LogP contribution in [0.4, 0.5) is 13.2 Å². The van der Waals surface area contributed by atoms with Gasteiger partial charge in [0.15, 0.2) is 5.96 Å². The quantitative estimate of drug-likeness (QED) is 0.495. The van der Waals surface area contributed by atoms with Crippen LogP contribution in [0.3, 0.4) is 0 Å². The van der Waals surface area contributed by atoms with E-state index in [1.165, 1.54) is 4.90 Å². The molecule has 28 heavy (non-hydrogen) atoms. The summed E-state index contributed by atoms with van der Waals surface area (Å²) in [5.74, 6) is 1.13. The third-order valence-corrected chi connectivity index (χ3v) is 5.76. The van der Waals surface area contributed by atoms with Crippen LogP contribution in [0.25, 0.3) is 0 Å². The smallest absolute Gasteiger partial charge is 0.357 e. The molecular formula is C18H28Cl2F3N5. The van der Waals surface area contributed by atoms with E-state index >= 15 is 0 Å². The summed E-state index contributed by atoms with van der Waals surface area (Å²) in [5.41, 5.74) is 0.907. The van der Waals surface area contributed by atoms with Crippen LogP contribution >= 0.6 is 23.2 Å². The van der Waals surface area contributed by atoms with Gasteiger partial charge < -0.3 is 15.2 Å². The summed E-state index contributed by atoms with van der Waals surface area (Å²) in [5, 5.41) is 7.48. The number of rotatable bonds is 7. The molecule has 0 radical (unpaired) electrons. The Morgan fingerprint density at radius 2 is 1.93 bits per heavy atom. The molecule has 0 atom stereocenters. The van der Waals surface area contributed by atoms with E-state index in [9.17, 15) is 13.2 Å².